The highest BCUT2D eigenvalue weighted by molar-refractivity contribution is 7.15. The Morgan fingerprint density at radius 1 is 1.18 bits per heavy atom. The van der Waals surface area contributed by atoms with Gasteiger partial charge < -0.3 is 5.32 Å². The van der Waals surface area contributed by atoms with E-state index in [2.05, 4.69) is 15.5 Å². The van der Waals surface area contributed by atoms with Gasteiger partial charge in [-0.3, -0.25) is 4.79 Å². The number of halogens is 1. The lowest BCUT2D eigenvalue weighted by molar-refractivity contribution is -0.120. The van der Waals surface area contributed by atoms with Gasteiger partial charge in [-0.25, -0.2) is 4.39 Å². The summed E-state index contributed by atoms with van der Waals surface area (Å²) in [5, 5.41) is 12.4. The van der Waals surface area contributed by atoms with Crippen molar-refractivity contribution in [2.45, 2.75) is 38.5 Å². The molecule has 0 aliphatic heterocycles. The first-order chi connectivity index (χ1) is 10.7. The molecule has 3 rings (SSSR count). The monoisotopic (exact) mass is 319 g/mol. The fraction of sp³-hybridized carbons (Fsp3) is 0.438. The van der Waals surface area contributed by atoms with Crippen molar-refractivity contribution in [3.05, 3.63) is 40.7 Å². The molecule has 1 heterocycles. The van der Waals surface area contributed by atoms with E-state index in [1.807, 2.05) is 0 Å². The molecule has 4 nitrogen and oxygen atoms in total. The molecule has 1 fully saturated rings. The summed E-state index contributed by atoms with van der Waals surface area (Å²) in [5.74, 6) is -0.0798. The summed E-state index contributed by atoms with van der Waals surface area (Å²) in [6, 6.07) is 6.33. The number of carbonyl (C=O) groups is 1. The minimum Gasteiger partial charge on any atom is -0.300 e. The van der Waals surface area contributed by atoms with Crippen LogP contribution in [-0.4, -0.2) is 16.1 Å². The Morgan fingerprint density at radius 2 is 1.91 bits per heavy atom. The van der Waals surface area contributed by atoms with Crippen molar-refractivity contribution in [3.8, 4) is 0 Å². The second-order valence-electron chi connectivity index (χ2n) is 5.63. The molecule has 6 heteroatoms. The quantitative estimate of drug-likeness (QED) is 0.933. The number of carbonyl (C=O) groups excluding carboxylic acids is 1. The molecule has 22 heavy (non-hydrogen) atoms. The zero-order valence-corrected chi connectivity index (χ0v) is 13.0. The first-order valence-corrected chi connectivity index (χ1v) is 8.40. The van der Waals surface area contributed by atoms with Crippen LogP contribution in [0.4, 0.5) is 9.52 Å². The number of nitrogens with one attached hydrogen (secondary N) is 1. The molecule has 1 aliphatic rings. The molecule has 0 atom stereocenters. The maximum atomic E-state index is 12.9. The van der Waals surface area contributed by atoms with Crippen LogP contribution < -0.4 is 5.32 Å². The van der Waals surface area contributed by atoms with Gasteiger partial charge in [-0.15, -0.1) is 10.2 Å². The third-order valence-electron chi connectivity index (χ3n) is 3.94. The summed E-state index contributed by atoms with van der Waals surface area (Å²) in [7, 11) is 0. The van der Waals surface area contributed by atoms with Gasteiger partial charge in [0.1, 0.15) is 10.8 Å². The maximum absolute atomic E-state index is 12.9. The van der Waals surface area contributed by atoms with Crippen molar-refractivity contribution in [1.29, 1.82) is 0 Å². The van der Waals surface area contributed by atoms with E-state index in [4.69, 9.17) is 0 Å². The third-order valence-corrected chi connectivity index (χ3v) is 4.78. The molecule has 1 saturated carbocycles. The first-order valence-electron chi connectivity index (χ1n) is 7.58. The number of rotatable bonds is 4. The van der Waals surface area contributed by atoms with Gasteiger partial charge in [-0.05, 0) is 30.5 Å². The van der Waals surface area contributed by atoms with Gasteiger partial charge in [0.05, 0.1) is 0 Å². The number of aromatic nitrogens is 2. The van der Waals surface area contributed by atoms with E-state index in [0.29, 0.717) is 11.6 Å². The van der Waals surface area contributed by atoms with Crippen LogP contribution in [0.2, 0.25) is 0 Å². The Labute approximate surface area is 132 Å². The van der Waals surface area contributed by atoms with E-state index in [-0.39, 0.29) is 17.6 Å². The number of amides is 1. The van der Waals surface area contributed by atoms with Crippen LogP contribution in [0.15, 0.2) is 24.3 Å². The molecule has 1 N–H and O–H groups in total. The van der Waals surface area contributed by atoms with E-state index in [1.54, 1.807) is 12.1 Å². The summed E-state index contributed by atoms with van der Waals surface area (Å²) in [5.41, 5.74) is 0.975. The SMILES string of the molecule is O=C(Nc1nnc(Cc2ccc(F)cc2)s1)C1CCCCC1. The second-order valence-corrected chi connectivity index (χ2v) is 6.69. The number of benzene rings is 1. The molecule has 116 valence electrons. The maximum Gasteiger partial charge on any atom is 0.229 e. The van der Waals surface area contributed by atoms with Crippen LogP contribution in [0, 0.1) is 11.7 Å². The number of nitrogens with zero attached hydrogens (tertiary/aromatic N) is 2. The molecule has 0 spiro atoms. The predicted octanol–water partition coefficient (Wildman–Crippen LogP) is 3.79. The number of hydrogen-bond acceptors (Lipinski definition) is 4. The topological polar surface area (TPSA) is 54.9 Å². The van der Waals surface area contributed by atoms with E-state index >= 15 is 0 Å². The van der Waals surface area contributed by atoms with Crippen LogP contribution in [0.25, 0.3) is 0 Å². The third kappa shape index (κ3) is 3.88. The van der Waals surface area contributed by atoms with Gasteiger partial charge >= 0.3 is 0 Å². The van der Waals surface area contributed by atoms with Gasteiger partial charge in [0.2, 0.25) is 11.0 Å². The fourth-order valence-electron chi connectivity index (χ4n) is 2.72. The molecule has 0 bridgehead atoms. The van der Waals surface area contributed by atoms with Gasteiger partial charge in [0.25, 0.3) is 0 Å². The highest BCUT2D eigenvalue weighted by Gasteiger charge is 2.22. The van der Waals surface area contributed by atoms with Gasteiger partial charge in [-0.2, -0.15) is 0 Å². The lowest BCUT2D eigenvalue weighted by Crippen LogP contribution is -2.24. The van der Waals surface area contributed by atoms with Crippen LogP contribution >= 0.6 is 11.3 Å². The Kier molecular flexibility index (Phi) is 4.77. The fourth-order valence-corrected chi connectivity index (χ4v) is 3.50. The first kappa shape index (κ1) is 15.1. The molecule has 1 amide bonds. The molecule has 2 aromatic rings. The molecule has 0 unspecified atom stereocenters. The van der Waals surface area contributed by atoms with E-state index in [9.17, 15) is 9.18 Å². The average Bonchev–Trinajstić information content (AvgIpc) is 2.97. The Balaban J connectivity index is 1.58. The molecule has 0 saturated heterocycles. The molecule has 1 aliphatic carbocycles. The molecule has 1 aromatic heterocycles. The molecule has 0 radical (unpaired) electrons. The normalized spacial score (nSPS) is 15.7. The van der Waals surface area contributed by atoms with E-state index in [1.165, 1.54) is 29.9 Å². The summed E-state index contributed by atoms with van der Waals surface area (Å²) < 4.78 is 12.9. The molecular weight excluding hydrogens is 301 g/mol. The van der Waals surface area contributed by atoms with E-state index in [0.717, 1.165) is 36.3 Å². The van der Waals surface area contributed by atoms with Crippen LogP contribution in [0.5, 0.6) is 0 Å². The van der Waals surface area contributed by atoms with Gasteiger partial charge in [0, 0.05) is 12.3 Å². The van der Waals surface area contributed by atoms with Crippen molar-refractivity contribution >= 4 is 22.4 Å². The van der Waals surface area contributed by atoms with Crippen molar-refractivity contribution in [3.63, 3.8) is 0 Å². The zero-order valence-electron chi connectivity index (χ0n) is 12.2. The second kappa shape index (κ2) is 6.96. The summed E-state index contributed by atoms with van der Waals surface area (Å²) in [4.78, 5) is 12.2. The lowest BCUT2D eigenvalue weighted by atomic mass is 9.89. The van der Waals surface area contributed by atoms with Gasteiger partial charge in [0.15, 0.2) is 0 Å². The highest BCUT2D eigenvalue weighted by Crippen LogP contribution is 2.26. The Morgan fingerprint density at radius 3 is 2.64 bits per heavy atom. The standard InChI is InChI=1S/C16H18FN3OS/c17-13-8-6-11(7-9-13)10-14-19-20-16(22-14)18-15(21)12-4-2-1-3-5-12/h6-9,12H,1-5,10H2,(H,18,20,21). The smallest absolute Gasteiger partial charge is 0.229 e. The van der Waals surface area contributed by atoms with Crippen molar-refractivity contribution in [1.82, 2.24) is 10.2 Å². The number of hydrogen-bond donors (Lipinski definition) is 1. The van der Waals surface area contributed by atoms with Crippen molar-refractivity contribution in [2.24, 2.45) is 5.92 Å². The van der Waals surface area contributed by atoms with E-state index < -0.39 is 0 Å². The Hall–Kier alpha value is -1.82. The number of anilines is 1. The molecular formula is C16H18FN3OS. The van der Waals surface area contributed by atoms with Crippen molar-refractivity contribution < 1.29 is 9.18 Å². The summed E-state index contributed by atoms with van der Waals surface area (Å²) in [6.45, 7) is 0. The van der Waals surface area contributed by atoms with Crippen LogP contribution in [0.1, 0.15) is 42.7 Å². The van der Waals surface area contributed by atoms with Gasteiger partial charge in [-0.1, -0.05) is 42.7 Å². The molecule has 1 aromatic carbocycles. The highest BCUT2D eigenvalue weighted by atomic mass is 32.1. The van der Waals surface area contributed by atoms with Crippen molar-refractivity contribution in [2.75, 3.05) is 5.32 Å². The minimum absolute atomic E-state index is 0.0594. The van der Waals surface area contributed by atoms with Crippen LogP contribution in [0.3, 0.4) is 0 Å². The minimum atomic E-state index is -0.249. The van der Waals surface area contributed by atoms with Crippen LogP contribution in [-0.2, 0) is 11.2 Å². The largest absolute Gasteiger partial charge is 0.300 e. The Bertz CT molecular complexity index is 635. The predicted molar refractivity (Wildman–Crippen MR) is 84.3 cm³/mol. The summed E-state index contributed by atoms with van der Waals surface area (Å²) >= 11 is 1.38. The zero-order chi connectivity index (χ0) is 15.4. The summed E-state index contributed by atoms with van der Waals surface area (Å²) in [6.07, 6.45) is 6.01. The lowest BCUT2D eigenvalue weighted by Gasteiger charge is -2.19. The average molecular weight is 319 g/mol.